The van der Waals surface area contributed by atoms with Gasteiger partial charge in [-0.05, 0) is 30.9 Å². The van der Waals surface area contributed by atoms with Crippen molar-refractivity contribution in [2.45, 2.75) is 40.7 Å². The average molecular weight is 207 g/mol. The molecule has 0 spiro atoms. The van der Waals surface area contributed by atoms with Gasteiger partial charge < -0.3 is 0 Å². The third-order valence-electron chi connectivity index (χ3n) is 2.61. The van der Waals surface area contributed by atoms with Crippen LogP contribution in [0.3, 0.4) is 0 Å². The molecule has 1 rings (SSSR count). The summed E-state index contributed by atoms with van der Waals surface area (Å²) in [5.74, 6) is 5.62. The van der Waals surface area contributed by atoms with Crippen molar-refractivity contribution in [2.24, 2.45) is 11.3 Å². The van der Waals surface area contributed by atoms with Gasteiger partial charge in [-0.3, -0.25) is 16.3 Å². The quantitative estimate of drug-likeness (QED) is 0.577. The Morgan fingerprint density at radius 2 is 1.87 bits per heavy atom. The second-order valence-electron chi connectivity index (χ2n) is 5.09. The molecule has 0 amide bonds. The maximum Gasteiger partial charge on any atom is 0.0526 e. The predicted molar refractivity (Wildman–Crippen MR) is 63.2 cm³/mol. The second-order valence-corrected chi connectivity index (χ2v) is 5.09. The van der Waals surface area contributed by atoms with Gasteiger partial charge in [0.25, 0.3) is 0 Å². The number of aryl methyl sites for hydroxylation is 2. The fraction of sp³-hybridized carbons (Fsp3) is 0.583. The SMILES string of the molecule is Cc1ccc(C(NN)C(C)(C)C)c(C)n1. The molecule has 1 aromatic rings. The molecule has 3 nitrogen and oxygen atoms in total. The summed E-state index contributed by atoms with van der Waals surface area (Å²) in [4.78, 5) is 4.46. The van der Waals surface area contributed by atoms with Crippen LogP contribution in [0.2, 0.25) is 0 Å². The van der Waals surface area contributed by atoms with Crippen LogP contribution in [-0.2, 0) is 0 Å². The Kier molecular flexibility index (Phi) is 3.47. The summed E-state index contributed by atoms with van der Waals surface area (Å²) in [5, 5.41) is 0. The molecule has 1 atom stereocenters. The first-order valence-corrected chi connectivity index (χ1v) is 5.26. The smallest absolute Gasteiger partial charge is 0.0526 e. The molecule has 0 aromatic carbocycles. The van der Waals surface area contributed by atoms with Crippen LogP contribution in [0.1, 0.15) is 43.8 Å². The topological polar surface area (TPSA) is 50.9 Å². The third-order valence-corrected chi connectivity index (χ3v) is 2.61. The van der Waals surface area contributed by atoms with Crippen LogP contribution in [0.25, 0.3) is 0 Å². The standard InChI is InChI=1S/C12H21N3/c1-8-6-7-10(9(2)14-8)11(15-13)12(3,4)5/h6-7,11,15H,13H2,1-5H3. The first-order valence-electron chi connectivity index (χ1n) is 5.26. The lowest BCUT2D eigenvalue weighted by atomic mass is 9.82. The Hall–Kier alpha value is -0.930. The van der Waals surface area contributed by atoms with Crippen molar-refractivity contribution in [1.82, 2.24) is 10.4 Å². The van der Waals surface area contributed by atoms with Crippen molar-refractivity contribution >= 4 is 0 Å². The summed E-state index contributed by atoms with van der Waals surface area (Å²) >= 11 is 0. The Balaban J connectivity index is 3.13. The van der Waals surface area contributed by atoms with Gasteiger partial charge in [0.05, 0.1) is 6.04 Å². The van der Waals surface area contributed by atoms with Gasteiger partial charge in [-0.15, -0.1) is 0 Å². The van der Waals surface area contributed by atoms with E-state index in [0.717, 1.165) is 11.4 Å². The normalized spacial score (nSPS) is 14.0. The van der Waals surface area contributed by atoms with E-state index in [4.69, 9.17) is 5.84 Å². The summed E-state index contributed by atoms with van der Waals surface area (Å²) in [6.45, 7) is 10.5. The molecule has 1 unspecified atom stereocenters. The number of pyridine rings is 1. The van der Waals surface area contributed by atoms with Crippen LogP contribution in [0.4, 0.5) is 0 Å². The zero-order valence-electron chi connectivity index (χ0n) is 10.3. The molecule has 3 heteroatoms. The molecule has 1 aromatic heterocycles. The Bertz CT molecular complexity index is 339. The average Bonchev–Trinajstić information content (AvgIpc) is 2.07. The molecule has 84 valence electrons. The first-order chi connectivity index (χ1) is 6.86. The number of nitrogens with zero attached hydrogens (tertiary/aromatic N) is 1. The maximum atomic E-state index is 5.62. The summed E-state index contributed by atoms with van der Waals surface area (Å²) in [6, 6.07) is 4.26. The van der Waals surface area contributed by atoms with Crippen molar-refractivity contribution in [1.29, 1.82) is 0 Å². The van der Waals surface area contributed by atoms with Crippen LogP contribution >= 0.6 is 0 Å². The minimum Gasteiger partial charge on any atom is -0.271 e. The van der Waals surface area contributed by atoms with Gasteiger partial charge in [0.2, 0.25) is 0 Å². The van der Waals surface area contributed by atoms with E-state index in [-0.39, 0.29) is 11.5 Å². The summed E-state index contributed by atoms with van der Waals surface area (Å²) in [6.07, 6.45) is 0. The Morgan fingerprint density at radius 1 is 1.27 bits per heavy atom. The number of hydrogen-bond donors (Lipinski definition) is 2. The van der Waals surface area contributed by atoms with Crippen LogP contribution in [0.5, 0.6) is 0 Å². The minimum absolute atomic E-state index is 0.0798. The first kappa shape index (κ1) is 12.1. The van der Waals surface area contributed by atoms with Crippen LogP contribution < -0.4 is 11.3 Å². The molecule has 3 N–H and O–H groups in total. The second kappa shape index (κ2) is 4.29. The number of rotatable bonds is 2. The highest BCUT2D eigenvalue weighted by Gasteiger charge is 2.26. The van der Waals surface area contributed by atoms with E-state index in [0.29, 0.717) is 0 Å². The van der Waals surface area contributed by atoms with Crippen LogP contribution in [-0.4, -0.2) is 4.98 Å². The number of aromatic nitrogens is 1. The van der Waals surface area contributed by atoms with Gasteiger partial charge in [-0.25, -0.2) is 0 Å². The van der Waals surface area contributed by atoms with Gasteiger partial charge in [0, 0.05) is 11.4 Å². The molecule has 0 fully saturated rings. The highest BCUT2D eigenvalue weighted by atomic mass is 15.2. The molecular formula is C12H21N3. The van der Waals surface area contributed by atoms with Crippen LogP contribution in [0.15, 0.2) is 12.1 Å². The Morgan fingerprint density at radius 3 is 2.27 bits per heavy atom. The predicted octanol–water partition coefficient (Wildman–Crippen LogP) is 2.25. The van der Waals surface area contributed by atoms with Crippen molar-refractivity contribution < 1.29 is 0 Å². The van der Waals surface area contributed by atoms with E-state index in [1.807, 2.05) is 19.9 Å². The molecular weight excluding hydrogens is 186 g/mol. The Labute approximate surface area is 92.1 Å². The zero-order valence-corrected chi connectivity index (χ0v) is 10.3. The lowest BCUT2D eigenvalue weighted by molar-refractivity contribution is 0.274. The van der Waals surface area contributed by atoms with Crippen molar-refractivity contribution in [3.05, 3.63) is 29.1 Å². The van der Waals surface area contributed by atoms with E-state index in [9.17, 15) is 0 Å². The van der Waals surface area contributed by atoms with Crippen molar-refractivity contribution in [3.8, 4) is 0 Å². The molecule has 15 heavy (non-hydrogen) atoms. The van der Waals surface area contributed by atoms with Gasteiger partial charge in [0.1, 0.15) is 0 Å². The number of hydrazine groups is 1. The summed E-state index contributed by atoms with van der Waals surface area (Å²) in [7, 11) is 0. The molecule has 0 aliphatic rings. The molecule has 0 aliphatic carbocycles. The van der Waals surface area contributed by atoms with Gasteiger partial charge >= 0.3 is 0 Å². The molecule has 1 heterocycles. The molecule has 0 saturated heterocycles. The van der Waals surface area contributed by atoms with E-state index in [1.165, 1.54) is 5.56 Å². The van der Waals surface area contributed by atoms with Gasteiger partial charge in [0.15, 0.2) is 0 Å². The fourth-order valence-corrected chi connectivity index (χ4v) is 1.81. The minimum atomic E-state index is 0.0798. The van der Waals surface area contributed by atoms with E-state index < -0.39 is 0 Å². The highest BCUT2D eigenvalue weighted by molar-refractivity contribution is 5.26. The summed E-state index contributed by atoms with van der Waals surface area (Å²) < 4.78 is 0. The number of nitrogens with two attached hydrogens (primary N) is 1. The molecule has 0 bridgehead atoms. The molecule has 0 aliphatic heterocycles. The lowest BCUT2D eigenvalue weighted by Gasteiger charge is -2.31. The lowest BCUT2D eigenvalue weighted by Crippen LogP contribution is -2.37. The molecule has 0 saturated carbocycles. The van der Waals surface area contributed by atoms with E-state index in [2.05, 4.69) is 37.2 Å². The molecule has 0 radical (unpaired) electrons. The van der Waals surface area contributed by atoms with Crippen molar-refractivity contribution in [3.63, 3.8) is 0 Å². The maximum absolute atomic E-state index is 5.62. The zero-order chi connectivity index (χ0) is 11.6. The van der Waals surface area contributed by atoms with Crippen LogP contribution in [0, 0.1) is 19.3 Å². The van der Waals surface area contributed by atoms with Crippen molar-refractivity contribution in [2.75, 3.05) is 0 Å². The highest BCUT2D eigenvalue weighted by Crippen LogP contribution is 2.33. The van der Waals surface area contributed by atoms with E-state index >= 15 is 0 Å². The monoisotopic (exact) mass is 207 g/mol. The van der Waals surface area contributed by atoms with E-state index in [1.54, 1.807) is 0 Å². The van der Waals surface area contributed by atoms with Gasteiger partial charge in [-0.1, -0.05) is 26.8 Å². The fourth-order valence-electron chi connectivity index (χ4n) is 1.81. The largest absolute Gasteiger partial charge is 0.271 e. The number of hydrogen-bond acceptors (Lipinski definition) is 3. The van der Waals surface area contributed by atoms with Gasteiger partial charge in [-0.2, -0.15) is 0 Å². The third kappa shape index (κ3) is 2.76. The summed E-state index contributed by atoms with van der Waals surface area (Å²) in [5.41, 5.74) is 6.23. The number of nitrogens with one attached hydrogen (secondary N) is 1.